The number of anilines is 1. The Morgan fingerprint density at radius 1 is 1.24 bits per heavy atom. The first kappa shape index (κ1) is 24.5. The van der Waals surface area contributed by atoms with Crippen molar-refractivity contribution in [3.05, 3.63) is 36.2 Å². The molecule has 0 radical (unpaired) electrons. The third-order valence-electron chi connectivity index (χ3n) is 6.12. The first-order chi connectivity index (χ1) is 16.3. The molecule has 1 fully saturated rings. The summed E-state index contributed by atoms with van der Waals surface area (Å²) >= 11 is 0. The maximum absolute atomic E-state index is 12.7. The molecule has 1 saturated heterocycles. The molecule has 1 aliphatic rings. The van der Waals surface area contributed by atoms with Gasteiger partial charge in [-0.2, -0.15) is 5.10 Å². The second-order valence-electron chi connectivity index (χ2n) is 9.63. The Morgan fingerprint density at radius 2 is 2.06 bits per heavy atom. The van der Waals surface area contributed by atoms with E-state index in [2.05, 4.69) is 35.7 Å². The Labute approximate surface area is 203 Å². The molecule has 1 atom stereocenters. The summed E-state index contributed by atoms with van der Waals surface area (Å²) in [7, 11) is 0.904. The van der Waals surface area contributed by atoms with Crippen molar-refractivity contribution in [3.8, 4) is 11.4 Å². The fraction of sp³-hybridized carbons (Fsp3) is 0.520. The molecule has 0 unspecified atom stereocenters. The lowest BCUT2D eigenvalue weighted by molar-refractivity contribution is 0.0603. The summed E-state index contributed by atoms with van der Waals surface area (Å²) in [6, 6.07) is 5.78. The molecule has 0 amide bonds. The predicted molar refractivity (Wildman–Crippen MR) is 139 cm³/mol. The monoisotopic (exact) mass is 485 g/mol. The van der Waals surface area contributed by atoms with Crippen LogP contribution in [0.5, 0.6) is 0 Å². The summed E-state index contributed by atoms with van der Waals surface area (Å²) < 4.78 is 12.7. The number of pyridine rings is 2. The lowest BCUT2D eigenvalue weighted by Crippen LogP contribution is -2.44. The fourth-order valence-electron chi connectivity index (χ4n) is 4.33. The van der Waals surface area contributed by atoms with E-state index in [1.807, 2.05) is 22.9 Å². The van der Waals surface area contributed by atoms with Crippen LogP contribution in [0.3, 0.4) is 0 Å². The van der Waals surface area contributed by atoms with E-state index in [4.69, 9.17) is 19.4 Å². The van der Waals surface area contributed by atoms with Crippen molar-refractivity contribution in [1.82, 2.24) is 19.7 Å². The number of fused-ring (bicyclic) bond motifs is 1. The molecule has 0 N–H and O–H groups in total. The van der Waals surface area contributed by atoms with E-state index in [9.17, 15) is 4.79 Å². The number of hydrogen-bond acceptors (Lipinski definition) is 7. The van der Waals surface area contributed by atoms with Crippen molar-refractivity contribution in [2.45, 2.75) is 32.4 Å². The molecular weight excluding hydrogens is 450 g/mol. The summed E-state index contributed by atoms with van der Waals surface area (Å²) in [6.07, 6.45) is 12.8. The molecule has 1 aliphatic heterocycles. The van der Waals surface area contributed by atoms with Crippen LogP contribution in [0.2, 0.25) is 0 Å². The Morgan fingerprint density at radius 3 is 2.79 bits per heavy atom. The van der Waals surface area contributed by atoms with Crippen molar-refractivity contribution >= 4 is 32.7 Å². The van der Waals surface area contributed by atoms with Crippen molar-refractivity contribution in [2.75, 3.05) is 56.3 Å². The average molecular weight is 486 g/mol. The Kier molecular flexibility index (Phi) is 7.42. The molecule has 0 bridgehead atoms. The van der Waals surface area contributed by atoms with Crippen LogP contribution in [-0.2, 0) is 16.0 Å². The molecule has 4 rings (SSSR count). The van der Waals surface area contributed by atoms with Gasteiger partial charge in [0, 0.05) is 30.9 Å². The second-order valence-corrected chi connectivity index (χ2v) is 14.2. The van der Waals surface area contributed by atoms with Gasteiger partial charge >= 0.3 is 5.97 Å². The smallest absolute Gasteiger partial charge is 0.338 e. The normalized spacial score (nSPS) is 17.2. The van der Waals surface area contributed by atoms with Gasteiger partial charge in [0.1, 0.15) is 17.0 Å². The van der Waals surface area contributed by atoms with Gasteiger partial charge < -0.3 is 14.4 Å². The summed E-state index contributed by atoms with van der Waals surface area (Å²) in [6.45, 7) is 4.88. The van der Waals surface area contributed by atoms with Gasteiger partial charge in [-0.3, -0.25) is 9.67 Å². The number of aryl methyl sites for hydroxylation is 1. The van der Waals surface area contributed by atoms with Gasteiger partial charge in [0.25, 0.3) is 0 Å². The zero-order chi connectivity index (χ0) is 24.3. The minimum absolute atomic E-state index is 0.153. The van der Waals surface area contributed by atoms with Crippen LogP contribution >= 0.6 is 10.0 Å². The van der Waals surface area contributed by atoms with Gasteiger partial charge in [-0.1, -0.05) is 0 Å². The number of hydrogen-bond donors (Lipinski definition) is 0. The Balaban J connectivity index is 1.75. The third-order valence-corrected chi connectivity index (χ3v) is 7.63. The minimum Gasteiger partial charge on any atom is -0.465 e. The number of rotatable bonds is 8. The number of nitrogens with zero attached hydrogens (tertiary/aromatic N) is 5. The highest BCUT2D eigenvalue weighted by Gasteiger charge is 2.25. The Bertz CT molecular complexity index is 1160. The number of aromatic nitrogens is 4. The summed E-state index contributed by atoms with van der Waals surface area (Å²) in [5.74, 6) is 1.60. The number of carbonyl (C=O) groups excluding carboxylic acids is 1. The van der Waals surface area contributed by atoms with E-state index in [1.165, 1.54) is 19.3 Å². The molecule has 0 aliphatic carbocycles. The van der Waals surface area contributed by atoms with Crippen molar-refractivity contribution in [2.24, 2.45) is 0 Å². The number of ether oxygens (including phenoxy) is 2. The highest BCUT2D eigenvalue weighted by molar-refractivity contribution is 8.32. The van der Waals surface area contributed by atoms with E-state index in [0.717, 1.165) is 35.6 Å². The first-order valence-electron chi connectivity index (χ1n) is 11.7. The number of esters is 1. The molecule has 0 aromatic carbocycles. The lowest BCUT2D eigenvalue weighted by Gasteiger charge is -2.34. The summed E-state index contributed by atoms with van der Waals surface area (Å²) in [5, 5.41) is 5.30. The van der Waals surface area contributed by atoms with Crippen LogP contribution < -0.4 is 4.90 Å². The standard InChI is InChI=1S/C25H35N5O3S/c1-18-17-33-14-13-29(18)22-16-20(25(31)32-2)19-8-10-26-24(23(19)28-22)21-9-11-27-30(21)12-6-7-15-34(3,4)5/h8-11,16,18H,6-7,12-15,17H2,1-5H3/t18-/m1/s1. The molecule has 3 aromatic rings. The molecule has 4 heterocycles. The van der Waals surface area contributed by atoms with Crippen molar-refractivity contribution < 1.29 is 14.3 Å². The maximum Gasteiger partial charge on any atom is 0.338 e. The van der Waals surface area contributed by atoms with Crippen molar-refractivity contribution in [1.29, 1.82) is 0 Å². The van der Waals surface area contributed by atoms with Crippen LogP contribution in [0.4, 0.5) is 5.82 Å². The molecular formula is C25H35N5O3S. The first-order valence-corrected chi connectivity index (χ1v) is 14.7. The topological polar surface area (TPSA) is 82.4 Å². The van der Waals surface area contributed by atoms with E-state index in [1.54, 1.807) is 12.4 Å². The van der Waals surface area contributed by atoms with Crippen LogP contribution in [0.25, 0.3) is 22.3 Å². The zero-order valence-electron chi connectivity index (χ0n) is 20.8. The number of methoxy groups -OCH3 is 1. The highest BCUT2D eigenvalue weighted by atomic mass is 32.3. The average Bonchev–Trinajstić information content (AvgIpc) is 3.28. The van der Waals surface area contributed by atoms with Gasteiger partial charge in [0.15, 0.2) is 0 Å². The zero-order valence-corrected chi connectivity index (χ0v) is 21.6. The van der Waals surface area contributed by atoms with Crippen LogP contribution in [0, 0.1) is 0 Å². The fourth-order valence-corrected chi connectivity index (χ4v) is 5.40. The second kappa shape index (κ2) is 10.3. The maximum atomic E-state index is 12.7. The van der Waals surface area contributed by atoms with E-state index < -0.39 is 10.0 Å². The van der Waals surface area contributed by atoms with Gasteiger partial charge in [-0.25, -0.2) is 19.8 Å². The van der Waals surface area contributed by atoms with Crippen molar-refractivity contribution in [3.63, 3.8) is 0 Å². The largest absolute Gasteiger partial charge is 0.465 e. The van der Waals surface area contributed by atoms with Crippen LogP contribution in [0.1, 0.15) is 30.1 Å². The van der Waals surface area contributed by atoms with Gasteiger partial charge in [-0.15, -0.1) is 0 Å². The number of carbonyl (C=O) groups is 1. The highest BCUT2D eigenvalue weighted by Crippen LogP contribution is 2.36. The van der Waals surface area contributed by atoms with Gasteiger partial charge in [0.05, 0.1) is 37.6 Å². The molecule has 0 spiro atoms. The van der Waals surface area contributed by atoms with E-state index in [0.29, 0.717) is 30.8 Å². The molecule has 9 heteroatoms. The van der Waals surface area contributed by atoms with E-state index in [-0.39, 0.29) is 12.0 Å². The molecule has 34 heavy (non-hydrogen) atoms. The molecule has 184 valence electrons. The SMILES string of the molecule is COC(=O)c1cc(N2CCOC[C@H]2C)nc2c(-c3ccnn3CCCCS(C)(C)C)nccc12. The van der Waals surface area contributed by atoms with E-state index >= 15 is 0 Å². The molecule has 8 nitrogen and oxygen atoms in total. The Hall–Kier alpha value is -2.65. The van der Waals surface area contributed by atoms with Gasteiger partial charge in [0.2, 0.25) is 0 Å². The minimum atomic E-state index is -0.501. The number of unbranched alkanes of at least 4 members (excludes halogenated alkanes) is 1. The molecule has 3 aromatic heterocycles. The van der Waals surface area contributed by atoms with Crippen LogP contribution in [-0.4, -0.2) is 83.1 Å². The molecule has 0 saturated carbocycles. The van der Waals surface area contributed by atoms with Gasteiger partial charge in [-0.05, 0) is 62.5 Å². The van der Waals surface area contributed by atoms with Crippen LogP contribution in [0.15, 0.2) is 30.6 Å². The third kappa shape index (κ3) is 5.36. The lowest BCUT2D eigenvalue weighted by atomic mass is 10.1. The summed E-state index contributed by atoms with van der Waals surface area (Å²) in [5.41, 5.74) is 2.80. The number of morpholine rings is 1. The quantitative estimate of drug-likeness (QED) is 0.353. The predicted octanol–water partition coefficient (Wildman–Crippen LogP) is 3.98. The summed E-state index contributed by atoms with van der Waals surface area (Å²) in [4.78, 5) is 24.6.